The van der Waals surface area contributed by atoms with Gasteiger partial charge in [-0.1, -0.05) is 30.3 Å². The van der Waals surface area contributed by atoms with E-state index in [-0.39, 0.29) is 6.47 Å². The Balaban J connectivity index is 0.000000612. The summed E-state index contributed by atoms with van der Waals surface area (Å²) < 4.78 is 11.6. The van der Waals surface area contributed by atoms with E-state index in [2.05, 4.69) is 20.9 Å². The zero-order valence-corrected chi connectivity index (χ0v) is 12.4. The number of halogens is 1. The van der Waals surface area contributed by atoms with Crippen LogP contribution in [0, 0.1) is 0 Å². The number of hydrogen-bond acceptors (Lipinski definition) is 4. The van der Waals surface area contributed by atoms with Crippen LogP contribution in [-0.2, 0) is 11.4 Å². The molecule has 1 aromatic heterocycles. The van der Waals surface area contributed by atoms with E-state index in [1.54, 1.807) is 19.4 Å². The Kier molecular flexibility index (Phi) is 7.13. The van der Waals surface area contributed by atoms with Crippen LogP contribution in [0.4, 0.5) is 0 Å². The van der Waals surface area contributed by atoms with Crippen LogP contribution in [-0.4, -0.2) is 23.7 Å². The molecule has 0 spiro atoms. The maximum atomic E-state index is 8.36. The molecule has 20 heavy (non-hydrogen) atoms. The molecule has 0 atom stereocenters. The second kappa shape index (κ2) is 8.92. The van der Waals surface area contributed by atoms with Crippen molar-refractivity contribution in [1.29, 1.82) is 0 Å². The molecule has 0 fully saturated rings. The van der Waals surface area contributed by atoms with Gasteiger partial charge in [0.05, 0.1) is 13.3 Å². The first kappa shape index (κ1) is 16.0. The first-order chi connectivity index (χ1) is 9.71. The number of rotatable bonds is 4. The Labute approximate surface area is 125 Å². The van der Waals surface area contributed by atoms with Crippen molar-refractivity contribution in [3.63, 3.8) is 0 Å². The fraction of sp³-hybridized carbons (Fsp3) is 0.143. The first-order valence-corrected chi connectivity index (χ1v) is 6.44. The molecular formula is C14H14BrNO4. The second-order valence-electron chi connectivity index (χ2n) is 3.54. The van der Waals surface area contributed by atoms with Crippen molar-refractivity contribution >= 4 is 22.4 Å². The van der Waals surface area contributed by atoms with Crippen molar-refractivity contribution < 1.29 is 19.4 Å². The average molecular weight is 340 g/mol. The molecule has 0 saturated carbocycles. The molecule has 5 nitrogen and oxygen atoms in total. The fourth-order valence-electron chi connectivity index (χ4n) is 1.40. The molecule has 0 aliphatic rings. The van der Waals surface area contributed by atoms with Gasteiger partial charge in [0.25, 0.3) is 6.47 Å². The summed E-state index contributed by atoms with van der Waals surface area (Å²) in [5.41, 5.74) is 1.11. The van der Waals surface area contributed by atoms with Gasteiger partial charge in [-0.2, -0.15) is 0 Å². The van der Waals surface area contributed by atoms with Crippen LogP contribution in [0.15, 0.2) is 47.2 Å². The van der Waals surface area contributed by atoms with E-state index < -0.39 is 0 Å². The van der Waals surface area contributed by atoms with Gasteiger partial charge < -0.3 is 14.6 Å². The lowest BCUT2D eigenvalue weighted by Gasteiger charge is -2.10. The molecule has 2 rings (SSSR count). The summed E-state index contributed by atoms with van der Waals surface area (Å²) in [4.78, 5) is 12.5. The smallest absolute Gasteiger partial charge is 0.290 e. The number of nitrogens with zero attached hydrogens (tertiary/aromatic N) is 1. The lowest BCUT2D eigenvalue weighted by molar-refractivity contribution is -0.122. The van der Waals surface area contributed by atoms with Gasteiger partial charge in [-0.05, 0) is 21.5 Å². The quantitative estimate of drug-likeness (QED) is 0.684. The van der Waals surface area contributed by atoms with Crippen molar-refractivity contribution in [1.82, 2.24) is 4.98 Å². The molecule has 0 unspecified atom stereocenters. The second-order valence-corrected chi connectivity index (χ2v) is 4.35. The van der Waals surface area contributed by atoms with Gasteiger partial charge >= 0.3 is 0 Å². The molecule has 106 valence electrons. The third-order valence-electron chi connectivity index (χ3n) is 2.26. The molecule has 0 aliphatic heterocycles. The summed E-state index contributed by atoms with van der Waals surface area (Å²) in [5.74, 6) is 1.31. The Morgan fingerprint density at radius 3 is 2.55 bits per heavy atom. The Bertz CT molecular complexity index is 534. The molecule has 0 saturated heterocycles. The van der Waals surface area contributed by atoms with Crippen LogP contribution < -0.4 is 9.47 Å². The molecule has 0 aliphatic carbocycles. The molecule has 2 aromatic rings. The summed E-state index contributed by atoms with van der Waals surface area (Å²) in [6.45, 7) is 0.251. The van der Waals surface area contributed by atoms with Gasteiger partial charge in [0.15, 0.2) is 11.5 Å². The zero-order chi connectivity index (χ0) is 14.8. The number of aromatic nitrogens is 1. The van der Waals surface area contributed by atoms with Crippen molar-refractivity contribution in [2.24, 2.45) is 0 Å². The molecule has 1 N–H and O–H groups in total. The van der Waals surface area contributed by atoms with Crippen molar-refractivity contribution in [3.05, 3.63) is 52.8 Å². The SMILES string of the molecule is COc1cc(Br)ncc1OCc1ccccc1.O=CO. The summed E-state index contributed by atoms with van der Waals surface area (Å²) in [7, 11) is 1.61. The molecule has 1 aromatic carbocycles. The van der Waals surface area contributed by atoms with E-state index in [1.165, 1.54) is 0 Å². The van der Waals surface area contributed by atoms with Gasteiger partial charge in [-0.3, -0.25) is 4.79 Å². The fourth-order valence-corrected chi connectivity index (χ4v) is 1.71. The number of benzene rings is 1. The van der Waals surface area contributed by atoms with E-state index >= 15 is 0 Å². The zero-order valence-electron chi connectivity index (χ0n) is 10.8. The van der Waals surface area contributed by atoms with Crippen molar-refractivity contribution in [2.75, 3.05) is 7.11 Å². The number of pyridine rings is 1. The van der Waals surface area contributed by atoms with Gasteiger partial charge in [0.2, 0.25) is 0 Å². The maximum Gasteiger partial charge on any atom is 0.290 e. The number of hydrogen-bond donors (Lipinski definition) is 1. The van der Waals surface area contributed by atoms with E-state index in [4.69, 9.17) is 19.4 Å². The lowest BCUT2D eigenvalue weighted by Crippen LogP contribution is -1.98. The highest BCUT2D eigenvalue weighted by atomic mass is 79.9. The predicted molar refractivity (Wildman–Crippen MR) is 78.0 cm³/mol. The van der Waals surface area contributed by atoms with E-state index in [0.29, 0.717) is 18.1 Å². The standard InChI is InChI=1S/C13H12BrNO2.CH2O2/c1-16-11-7-13(14)15-8-12(11)17-9-10-5-3-2-4-6-10;2-1-3/h2-8H,9H2,1H3;1H,(H,2,3). The minimum absolute atomic E-state index is 0.250. The van der Waals surface area contributed by atoms with Gasteiger partial charge in [0.1, 0.15) is 11.2 Å². The third-order valence-corrected chi connectivity index (χ3v) is 2.69. The summed E-state index contributed by atoms with van der Waals surface area (Å²) in [6, 6.07) is 11.7. The highest BCUT2D eigenvalue weighted by molar-refractivity contribution is 9.10. The van der Waals surface area contributed by atoms with Crippen LogP contribution >= 0.6 is 15.9 Å². The van der Waals surface area contributed by atoms with Crippen molar-refractivity contribution in [2.45, 2.75) is 6.61 Å². The summed E-state index contributed by atoms with van der Waals surface area (Å²) in [5, 5.41) is 6.89. The number of ether oxygens (including phenoxy) is 2. The molecule has 0 bridgehead atoms. The normalized spacial score (nSPS) is 9.10. The van der Waals surface area contributed by atoms with Crippen LogP contribution in [0.2, 0.25) is 0 Å². The monoisotopic (exact) mass is 339 g/mol. The average Bonchev–Trinajstić information content (AvgIpc) is 2.47. The van der Waals surface area contributed by atoms with E-state index in [9.17, 15) is 0 Å². The van der Waals surface area contributed by atoms with E-state index in [1.807, 2.05) is 30.3 Å². The minimum atomic E-state index is -0.250. The number of carboxylic acid groups (broad SMARTS) is 1. The summed E-state index contributed by atoms with van der Waals surface area (Å²) >= 11 is 3.29. The third kappa shape index (κ3) is 5.27. The van der Waals surface area contributed by atoms with Gasteiger partial charge in [-0.15, -0.1) is 0 Å². The van der Waals surface area contributed by atoms with Crippen molar-refractivity contribution in [3.8, 4) is 11.5 Å². The molecule has 1 heterocycles. The topological polar surface area (TPSA) is 68.7 Å². The molecule has 0 amide bonds. The predicted octanol–water partition coefficient (Wildman–Crippen LogP) is 3.13. The molecule has 0 radical (unpaired) electrons. The molecular weight excluding hydrogens is 326 g/mol. The summed E-state index contributed by atoms with van der Waals surface area (Å²) in [6.07, 6.45) is 1.64. The number of methoxy groups -OCH3 is 1. The maximum absolute atomic E-state index is 8.36. The van der Waals surface area contributed by atoms with Crippen LogP contribution in [0.1, 0.15) is 5.56 Å². The van der Waals surface area contributed by atoms with E-state index in [0.717, 1.165) is 10.2 Å². The Morgan fingerprint density at radius 2 is 1.95 bits per heavy atom. The first-order valence-electron chi connectivity index (χ1n) is 5.65. The Hall–Kier alpha value is -2.08. The highest BCUT2D eigenvalue weighted by Gasteiger charge is 2.05. The molecule has 6 heteroatoms. The largest absolute Gasteiger partial charge is 0.493 e. The minimum Gasteiger partial charge on any atom is -0.493 e. The van der Waals surface area contributed by atoms with Crippen LogP contribution in [0.25, 0.3) is 0 Å². The van der Waals surface area contributed by atoms with Crippen LogP contribution in [0.5, 0.6) is 11.5 Å². The Morgan fingerprint density at radius 1 is 1.30 bits per heavy atom. The number of carbonyl (C=O) groups is 1. The van der Waals surface area contributed by atoms with Gasteiger partial charge in [0, 0.05) is 6.07 Å². The highest BCUT2D eigenvalue weighted by Crippen LogP contribution is 2.28. The van der Waals surface area contributed by atoms with Crippen LogP contribution in [0.3, 0.4) is 0 Å². The van der Waals surface area contributed by atoms with Gasteiger partial charge in [-0.25, -0.2) is 4.98 Å². The lowest BCUT2D eigenvalue weighted by atomic mass is 10.2.